The molecule has 0 bridgehead atoms. The molecule has 0 aliphatic carbocycles. The van der Waals surface area contributed by atoms with Gasteiger partial charge in [-0.15, -0.1) is 11.3 Å². The zero-order valence-electron chi connectivity index (χ0n) is 11.0. The number of anilines is 1. The minimum atomic E-state index is -3.61. The van der Waals surface area contributed by atoms with Gasteiger partial charge in [0, 0.05) is 30.4 Å². The van der Waals surface area contributed by atoms with Crippen LogP contribution in [0.2, 0.25) is 0 Å². The Morgan fingerprint density at radius 1 is 1.47 bits per heavy atom. The fourth-order valence-corrected chi connectivity index (χ4v) is 3.76. The van der Waals surface area contributed by atoms with Crippen molar-refractivity contribution in [1.82, 2.24) is 9.55 Å². The van der Waals surface area contributed by atoms with Crippen molar-refractivity contribution in [2.24, 2.45) is 12.8 Å². The van der Waals surface area contributed by atoms with Crippen LogP contribution in [0.4, 0.5) is 5.13 Å². The van der Waals surface area contributed by atoms with Crippen molar-refractivity contribution in [3.63, 3.8) is 0 Å². The van der Waals surface area contributed by atoms with Crippen LogP contribution in [0.15, 0.2) is 17.2 Å². The molecule has 2 aromatic heterocycles. The van der Waals surface area contributed by atoms with Gasteiger partial charge in [0.05, 0.1) is 5.69 Å². The van der Waals surface area contributed by atoms with E-state index < -0.39 is 10.0 Å². The SMILES string of the molecule is Cc1nc(NS(=O)(=O)c2cc(CN)n(C)c2)sc1C. The largest absolute Gasteiger partial charge is 0.352 e. The van der Waals surface area contributed by atoms with Crippen LogP contribution in [0, 0.1) is 13.8 Å². The summed E-state index contributed by atoms with van der Waals surface area (Å²) >= 11 is 1.32. The number of aromatic nitrogens is 2. The van der Waals surface area contributed by atoms with E-state index in [1.807, 2.05) is 13.8 Å². The quantitative estimate of drug-likeness (QED) is 0.892. The molecule has 104 valence electrons. The average Bonchev–Trinajstić information content (AvgIpc) is 2.83. The molecule has 0 spiro atoms. The highest BCUT2D eigenvalue weighted by atomic mass is 32.2. The Morgan fingerprint density at radius 2 is 2.16 bits per heavy atom. The van der Waals surface area contributed by atoms with E-state index >= 15 is 0 Å². The minimum absolute atomic E-state index is 0.195. The molecule has 8 heteroatoms. The summed E-state index contributed by atoms with van der Waals surface area (Å²) < 4.78 is 28.6. The first-order valence-corrected chi connectivity index (χ1v) is 7.95. The normalized spacial score (nSPS) is 11.8. The second-order valence-corrected chi connectivity index (χ2v) is 7.13. The van der Waals surface area contributed by atoms with Gasteiger partial charge in [0.15, 0.2) is 5.13 Å². The third kappa shape index (κ3) is 2.80. The molecule has 0 atom stereocenters. The molecule has 0 aliphatic heterocycles. The Kier molecular flexibility index (Phi) is 3.66. The molecular formula is C11H16N4O2S2. The number of sulfonamides is 1. The molecule has 6 nitrogen and oxygen atoms in total. The van der Waals surface area contributed by atoms with Crippen LogP contribution in [0.25, 0.3) is 0 Å². The predicted octanol–water partition coefficient (Wildman–Crippen LogP) is 1.36. The second-order valence-electron chi connectivity index (χ2n) is 4.25. The van der Waals surface area contributed by atoms with Gasteiger partial charge in [-0.25, -0.2) is 13.4 Å². The van der Waals surface area contributed by atoms with Gasteiger partial charge in [-0.3, -0.25) is 4.72 Å². The van der Waals surface area contributed by atoms with Crippen LogP contribution in [0.5, 0.6) is 0 Å². The van der Waals surface area contributed by atoms with E-state index in [0.29, 0.717) is 11.7 Å². The number of aryl methyl sites for hydroxylation is 3. The number of hydrogen-bond acceptors (Lipinski definition) is 5. The van der Waals surface area contributed by atoms with Gasteiger partial charge in [0.25, 0.3) is 10.0 Å². The topological polar surface area (TPSA) is 90.0 Å². The monoisotopic (exact) mass is 300 g/mol. The van der Waals surface area contributed by atoms with E-state index in [4.69, 9.17) is 5.73 Å². The fourth-order valence-electron chi connectivity index (χ4n) is 1.62. The molecule has 2 heterocycles. The number of hydrogen-bond donors (Lipinski definition) is 2. The molecule has 0 saturated heterocycles. The van der Waals surface area contributed by atoms with Crippen molar-refractivity contribution in [2.75, 3.05) is 4.72 Å². The lowest BCUT2D eigenvalue weighted by Crippen LogP contribution is -2.12. The smallest absolute Gasteiger partial charge is 0.265 e. The highest BCUT2D eigenvalue weighted by molar-refractivity contribution is 7.93. The van der Waals surface area contributed by atoms with Gasteiger partial charge in [0.1, 0.15) is 4.90 Å². The molecule has 0 unspecified atom stereocenters. The van der Waals surface area contributed by atoms with Crippen molar-refractivity contribution in [3.05, 3.63) is 28.5 Å². The van der Waals surface area contributed by atoms with Crippen LogP contribution in [-0.2, 0) is 23.6 Å². The highest BCUT2D eigenvalue weighted by Gasteiger charge is 2.19. The summed E-state index contributed by atoms with van der Waals surface area (Å²) in [5, 5.41) is 0.383. The number of thiazole rings is 1. The van der Waals surface area contributed by atoms with Gasteiger partial charge in [-0.1, -0.05) is 0 Å². The predicted molar refractivity (Wildman–Crippen MR) is 75.7 cm³/mol. The first-order chi connectivity index (χ1) is 8.83. The number of nitrogens with two attached hydrogens (primary N) is 1. The maximum Gasteiger partial charge on any atom is 0.265 e. The van der Waals surface area contributed by atoms with Gasteiger partial charge >= 0.3 is 0 Å². The number of nitrogens with zero attached hydrogens (tertiary/aromatic N) is 2. The Bertz CT molecular complexity index is 681. The summed E-state index contributed by atoms with van der Waals surface area (Å²) in [6.07, 6.45) is 1.54. The van der Waals surface area contributed by atoms with Crippen LogP contribution < -0.4 is 10.5 Å². The van der Waals surface area contributed by atoms with Gasteiger partial charge in [-0.2, -0.15) is 0 Å². The lowest BCUT2D eigenvalue weighted by atomic mass is 10.4. The zero-order valence-corrected chi connectivity index (χ0v) is 12.6. The molecule has 0 radical (unpaired) electrons. The van der Waals surface area contributed by atoms with Crippen molar-refractivity contribution >= 4 is 26.5 Å². The molecule has 0 aliphatic rings. The van der Waals surface area contributed by atoms with Crippen LogP contribution in [-0.4, -0.2) is 18.0 Å². The van der Waals surface area contributed by atoms with Crippen molar-refractivity contribution in [2.45, 2.75) is 25.3 Å². The Labute approximate surface area is 116 Å². The van der Waals surface area contributed by atoms with Crippen LogP contribution in [0.1, 0.15) is 16.3 Å². The molecule has 0 aromatic carbocycles. The average molecular weight is 300 g/mol. The van der Waals surface area contributed by atoms with Gasteiger partial charge < -0.3 is 10.3 Å². The van der Waals surface area contributed by atoms with Crippen molar-refractivity contribution in [1.29, 1.82) is 0 Å². The van der Waals surface area contributed by atoms with Gasteiger partial charge in [-0.05, 0) is 19.9 Å². The molecular weight excluding hydrogens is 284 g/mol. The number of nitrogens with one attached hydrogen (secondary N) is 1. The zero-order chi connectivity index (χ0) is 14.2. The van der Waals surface area contributed by atoms with Gasteiger partial charge in [0.2, 0.25) is 0 Å². The lowest BCUT2D eigenvalue weighted by molar-refractivity contribution is 0.601. The highest BCUT2D eigenvalue weighted by Crippen LogP contribution is 2.24. The first kappa shape index (κ1) is 14.0. The Morgan fingerprint density at radius 3 is 2.63 bits per heavy atom. The lowest BCUT2D eigenvalue weighted by Gasteiger charge is -2.01. The van der Waals surface area contributed by atoms with Crippen molar-refractivity contribution < 1.29 is 8.42 Å². The van der Waals surface area contributed by atoms with Crippen LogP contribution >= 0.6 is 11.3 Å². The molecule has 3 N–H and O–H groups in total. The maximum atomic E-state index is 12.2. The standard InChI is InChI=1S/C11H16N4O2S2/c1-7-8(2)18-11(13-7)14-19(16,17)10-4-9(5-12)15(3)6-10/h4,6H,5,12H2,1-3H3,(H,13,14). The molecule has 0 amide bonds. The molecule has 19 heavy (non-hydrogen) atoms. The van der Waals surface area contributed by atoms with E-state index in [-0.39, 0.29) is 4.90 Å². The van der Waals surface area contributed by atoms with E-state index in [2.05, 4.69) is 9.71 Å². The third-order valence-corrected chi connectivity index (χ3v) is 5.28. The summed E-state index contributed by atoms with van der Waals surface area (Å²) in [5.41, 5.74) is 7.12. The molecule has 2 rings (SSSR count). The summed E-state index contributed by atoms with van der Waals surface area (Å²) in [6, 6.07) is 1.57. The summed E-state index contributed by atoms with van der Waals surface area (Å²) in [7, 11) is -1.84. The summed E-state index contributed by atoms with van der Waals surface area (Å²) in [6.45, 7) is 4.04. The molecule has 2 aromatic rings. The van der Waals surface area contributed by atoms with E-state index in [1.165, 1.54) is 17.5 Å². The first-order valence-electron chi connectivity index (χ1n) is 5.65. The Balaban J connectivity index is 2.31. The summed E-state index contributed by atoms with van der Waals surface area (Å²) in [4.78, 5) is 5.36. The van der Waals surface area contributed by atoms with E-state index in [1.54, 1.807) is 17.7 Å². The van der Waals surface area contributed by atoms with Crippen LogP contribution in [0.3, 0.4) is 0 Å². The minimum Gasteiger partial charge on any atom is -0.352 e. The van der Waals surface area contributed by atoms with Crippen molar-refractivity contribution in [3.8, 4) is 0 Å². The number of rotatable bonds is 4. The second kappa shape index (κ2) is 4.95. The van der Waals surface area contributed by atoms with E-state index in [9.17, 15) is 8.42 Å². The van der Waals surface area contributed by atoms with E-state index in [0.717, 1.165) is 16.3 Å². The maximum absolute atomic E-state index is 12.2. The third-order valence-electron chi connectivity index (χ3n) is 2.85. The fraction of sp³-hybridized carbons (Fsp3) is 0.364. The Hall–Kier alpha value is -1.38. The molecule has 0 saturated carbocycles. The molecule has 0 fully saturated rings. The summed E-state index contributed by atoms with van der Waals surface area (Å²) in [5.74, 6) is 0.